The number of hydrogen-bond acceptors (Lipinski definition) is 4. The molecule has 0 aliphatic carbocycles. The van der Waals surface area contributed by atoms with Gasteiger partial charge in [-0.05, 0) is 31.2 Å². The Morgan fingerprint density at radius 3 is 2.52 bits per heavy atom. The lowest BCUT2D eigenvalue weighted by Gasteiger charge is -2.08. The highest BCUT2D eigenvalue weighted by atomic mass is 32.2. The highest BCUT2D eigenvalue weighted by molar-refractivity contribution is 7.89. The average molecular weight is 336 g/mol. The lowest BCUT2D eigenvalue weighted by Crippen LogP contribution is -2.34. The predicted octanol–water partition coefficient (Wildman–Crippen LogP) is 1.62. The maximum absolute atomic E-state index is 12.0. The van der Waals surface area contributed by atoms with Gasteiger partial charge in [-0.2, -0.15) is 0 Å². The number of carbonyl (C=O) groups is 1. The Morgan fingerprint density at radius 1 is 1.13 bits per heavy atom. The van der Waals surface area contributed by atoms with Crippen LogP contribution in [0.5, 0.6) is 0 Å². The smallest absolute Gasteiger partial charge is 0.240 e. The monoisotopic (exact) mass is 336 g/mol. The predicted molar refractivity (Wildman–Crippen MR) is 86.4 cm³/mol. The number of nitrogens with one attached hydrogen (secondary N) is 2. The normalized spacial score (nSPS) is 11.3. The largest absolute Gasteiger partial charge is 0.469 e. The fourth-order valence-corrected chi connectivity index (χ4v) is 3.00. The van der Waals surface area contributed by atoms with Gasteiger partial charge in [0.25, 0.3) is 0 Å². The molecule has 23 heavy (non-hydrogen) atoms. The van der Waals surface area contributed by atoms with Crippen molar-refractivity contribution in [1.29, 1.82) is 0 Å². The van der Waals surface area contributed by atoms with E-state index in [0.29, 0.717) is 12.8 Å². The van der Waals surface area contributed by atoms with Gasteiger partial charge in [-0.1, -0.05) is 17.7 Å². The number of rotatable bonds is 8. The Hall–Kier alpha value is -2.12. The second-order valence-electron chi connectivity index (χ2n) is 5.14. The highest BCUT2D eigenvalue weighted by Gasteiger charge is 2.12. The van der Waals surface area contributed by atoms with Gasteiger partial charge in [-0.15, -0.1) is 0 Å². The molecule has 7 heteroatoms. The van der Waals surface area contributed by atoms with Gasteiger partial charge in [-0.25, -0.2) is 13.1 Å². The molecule has 0 saturated heterocycles. The van der Waals surface area contributed by atoms with Crippen molar-refractivity contribution in [3.8, 4) is 0 Å². The Bertz CT molecular complexity index is 722. The molecule has 124 valence electrons. The van der Waals surface area contributed by atoms with Crippen molar-refractivity contribution in [2.75, 3.05) is 13.1 Å². The van der Waals surface area contributed by atoms with Crippen molar-refractivity contribution in [2.45, 2.75) is 24.7 Å². The SMILES string of the molecule is Cc1ccc(S(=O)(=O)NCCNC(=O)CCc2ccco2)cc1. The van der Waals surface area contributed by atoms with Crippen LogP contribution >= 0.6 is 0 Å². The summed E-state index contributed by atoms with van der Waals surface area (Å²) in [6, 6.07) is 10.2. The molecule has 2 aromatic rings. The molecule has 0 radical (unpaired) electrons. The molecule has 0 fully saturated rings. The van der Waals surface area contributed by atoms with Crippen LogP contribution in [0.1, 0.15) is 17.7 Å². The van der Waals surface area contributed by atoms with Crippen LogP contribution < -0.4 is 10.0 Å². The average Bonchev–Trinajstić information content (AvgIpc) is 3.03. The third kappa shape index (κ3) is 5.54. The summed E-state index contributed by atoms with van der Waals surface area (Å²) in [4.78, 5) is 11.9. The molecular formula is C16H20N2O4S. The van der Waals surface area contributed by atoms with E-state index in [-0.39, 0.29) is 23.9 Å². The molecule has 1 aromatic carbocycles. The maximum Gasteiger partial charge on any atom is 0.240 e. The van der Waals surface area contributed by atoms with E-state index in [4.69, 9.17) is 4.42 Å². The first kappa shape index (κ1) is 17.2. The van der Waals surface area contributed by atoms with Crippen molar-refractivity contribution in [2.24, 2.45) is 0 Å². The zero-order valence-electron chi connectivity index (χ0n) is 12.9. The van der Waals surface area contributed by atoms with Crippen molar-refractivity contribution in [1.82, 2.24) is 10.0 Å². The standard InChI is InChI=1S/C16H20N2O4S/c1-13-4-7-15(8-5-13)23(20,21)18-11-10-17-16(19)9-6-14-3-2-12-22-14/h2-5,7-8,12,18H,6,9-11H2,1H3,(H,17,19). The molecule has 0 aliphatic heterocycles. The van der Waals surface area contributed by atoms with Crippen LogP contribution in [0, 0.1) is 6.92 Å². The number of benzene rings is 1. The molecule has 6 nitrogen and oxygen atoms in total. The minimum absolute atomic E-state index is 0.142. The first-order valence-electron chi connectivity index (χ1n) is 7.33. The van der Waals surface area contributed by atoms with E-state index in [1.165, 1.54) is 0 Å². The minimum atomic E-state index is -3.54. The molecule has 0 atom stereocenters. The molecule has 1 aromatic heterocycles. The summed E-state index contributed by atoms with van der Waals surface area (Å²) in [7, 11) is -3.54. The number of carbonyl (C=O) groups excluding carboxylic acids is 1. The zero-order chi connectivity index (χ0) is 16.7. The fourth-order valence-electron chi connectivity index (χ4n) is 1.97. The molecule has 0 saturated carbocycles. The van der Waals surface area contributed by atoms with Crippen molar-refractivity contribution in [3.63, 3.8) is 0 Å². The van der Waals surface area contributed by atoms with E-state index < -0.39 is 10.0 Å². The van der Waals surface area contributed by atoms with Gasteiger partial charge < -0.3 is 9.73 Å². The summed E-state index contributed by atoms with van der Waals surface area (Å²) in [5, 5.41) is 2.67. The summed E-state index contributed by atoms with van der Waals surface area (Å²) in [6.45, 7) is 2.27. The van der Waals surface area contributed by atoms with Crippen LogP contribution in [0.3, 0.4) is 0 Å². The quantitative estimate of drug-likeness (QED) is 0.717. The first-order valence-corrected chi connectivity index (χ1v) is 8.81. The van der Waals surface area contributed by atoms with E-state index in [9.17, 15) is 13.2 Å². The summed E-state index contributed by atoms with van der Waals surface area (Å²) in [5.41, 5.74) is 0.993. The third-order valence-corrected chi connectivity index (χ3v) is 4.73. The third-order valence-electron chi connectivity index (χ3n) is 3.25. The summed E-state index contributed by atoms with van der Waals surface area (Å²) in [6.07, 6.45) is 2.39. The fraction of sp³-hybridized carbons (Fsp3) is 0.312. The molecule has 0 spiro atoms. The topological polar surface area (TPSA) is 88.4 Å². The molecule has 0 unspecified atom stereocenters. The number of sulfonamides is 1. The van der Waals surface area contributed by atoms with Crippen LogP contribution in [0.4, 0.5) is 0 Å². The maximum atomic E-state index is 12.0. The molecule has 2 rings (SSSR count). The second kappa shape index (κ2) is 7.94. The number of aryl methyl sites for hydroxylation is 2. The second-order valence-corrected chi connectivity index (χ2v) is 6.91. The van der Waals surface area contributed by atoms with E-state index in [1.807, 2.05) is 13.0 Å². The number of furan rings is 1. The van der Waals surface area contributed by atoms with E-state index in [0.717, 1.165) is 11.3 Å². The van der Waals surface area contributed by atoms with Gasteiger partial charge in [0, 0.05) is 25.9 Å². The van der Waals surface area contributed by atoms with Gasteiger partial charge in [0.1, 0.15) is 5.76 Å². The highest BCUT2D eigenvalue weighted by Crippen LogP contribution is 2.09. The van der Waals surface area contributed by atoms with Crippen LogP contribution in [-0.4, -0.2) is 27.4 Å². The number of hydrogen-bond donors (Lipinski definition) is 2. The van der Waals surface area contributed by atoms with Crippen LogP contribution in [0.25, 0.3) is 0 Å². The Balaban J connectivity index is 1.70. The lowest BCUT2D eigenvalue weighted by atomic mass is 10.2. The Labute approximate surface area is 135 Å². The van der Waals surface area contributed by atoms with E-state index in [1.54, 1.807) is 36.6 Å². The molecule has 2 N–H and O–H groups in total. The van der Waals surface area contributed by atoms with Gasteiger partial charge >= 0.3 is 0 Å². The Kier molecular flexibility index (Phi) is 5.95. The zero-order valence-corrected chi connectivity index (χ0v) is 13.7. The lowest BCUT2D eigenvalue weighted by molar-refractivity contribution is -0.121. The molecule has 0 aliphatic rings. The Morgan fingerprint density at radius 2 is 1.87 bits per heavy atom. The van der Waals surface area contributed by atoms with Crippen molar-refractivity contribution >= 4 is 15.9 Å². The minimum Gasteiger partial charge on any atom is -0.469 e. The summed E-state index contributed by atoms with van der Waals surface area (Å²) in [5.74, 6) is 0.608. The molecular weight excluding hydrogens is 316 g/mol. The molecule has 1 amide bonds. The van der Waals surface area contributed by atoms with Crippen molar-refractivity contribution < 1.29 is 17.6 Å². The summed E-state index contributed by atoms with van der Waals surface area (Å²) < 4.78 is 31.7. The first-order chi connectivity index (χ1) is 11.0. The summed E-state index contributed by atoms with van der Waals surface area (Å²) >= 11 is 0. The van der Waals surface area contributed by atoms with Gasteiger partial charge in [0.15, 0.2) is 0 Å². The van der Waals surface area contributed by atoms with Crippen LogP contribution in [0.2, 0.25) is 0 Å². The van der Waals surface area contributed by atoms with Crippen LogP contribution in [-0.2, 0) is 21.2 Å². The van der Waals surface area contributed by atoms with Crippen molar-refractivity contribution in [3.05, 3.63) is 54.0 Å². The molecule has 1 heterocycles. The van der Waals surface area contributed by atoms with Gasteiger partial charge in [0.05, 0.1) is 11.2 Å². The van der Waals surface area contributed by atoms with E-state index in [2.05, 4.69) is 10.0 Å². The molecule has 0 bridgehead atoms. The number of amides is 1. The van der Waals surface area contributed by atoms with Gasteiger partial charge in [-0.3, -0.25) is 4.79 Å². The van der Waals surface area contributed by atoms with Gasteiger partial charge in [0.2, 0.25) is 15.9 Å². The van der Waals surface area contributed by atoms with Crippen LogP contribution in [0.15, 0.2) is 52.0 Å². The van der Waals surface area contributed by atoms with E-state index >= 15 is 0 Å².